The maximum Gasteiger partial charge on any atom is 0.328 e. The molecule has 0 aromatic carbocycles. The molecule has 13 heteroatoms. The molecule has 1 aromatic rings. The summed E-state index contributed by atoms with van der Waals surface area (Å²) in [5, 5.41) is 35.9. The minimum absolute atomic E-state index is 0.126. The van der Waals surface area contributed by atoms with Gasteiger partial charge in [0, 0.05) is 0 Å². The van der Waals surface area contributed by atoms with E-state index >= 15 is 0 Å². The van der Waals surface area contributed by atoms with Crippen molar-refractivity contribution in [2.45, 2.75) is 37.6 Å². The molecule has 3 amide bonds. The Morgan fingerprint density at radius 1 is 1.30 bits per heavy atom. The van der Waals surface area contributed by atoms with Crippen LogP contribution in [-0.4, -0.2) is 81.1 Å². The first-order valence-corrected chi connectivity index (χ1v) is 7.93. The van der Waals surface area contributed by atoms with Crippen LogP contribution in [0, 0.1) is 0 Å². The number of aromatic nitrogens is 2. The number of carbonyl (C=O) groups is 3. The molecular formula is C14H24N6O7. The number of aliphatic hydroxyl groups is 2. The summed E-state index contributed by atoms with van der Waals surface area (Å²) in [7, 11) is 3.37. The Labute approximate surface area is 154 Å². The Kier molecular flexibility index (Phi) is 8.08. The minimum atomic E-state index is -1.56. The minimum Gasteiger partial charge on any atom is -0.480 e. The van der Waals surface area contributed by atoms with Gasteiger partial charge in [-0.15, -0.1) is 0 Å². The van der Waals surface area contributed by atoms with Gasteiger partial charge in [-0.3, -0.25) is 9.69 Å². The Balaban J connectivity index is 2.96. The second kappa shape index (κ2) is 9.80. The summed E-state index contributed by atoms with van der Waals surface area (Å²) in [6.45, 7) is 0.898. The number of nitrogens with zero attached hydrogens (tertiary/aromatic N) is 3. The lowest BCUT2D eigenvalue weighted by molar-refractivity contribution is -0.141. The molecule has 1 rings (SSSR count). The largest absolute Gasteiger partial charge is 0.480 e. The number of carbonyl (C=O) groups excluding carboxylic acids is 2. The summed E-state index contributed by atoms with van der Waals surface area (Å²) in [4.78, 5) is 40.1. The van der Waals surface area contributed by atoms with Crippen molar-refractivity contribution in [2.24, 2.45) is 5.73 Å². The summed E-state index contributed by atoms with van der Waals surface area (Å²) in [6, 6.07) is -4.25. The molecule has 4 atom stereocenters. The summed E-state index contributed by atoms with van der Waals surface area (Å²) in [6.07, 6.45) is -1.75. The third-order valence-corrected chi connectivity index (χ3v) is 3.60. The van der Waals surface area contributed by atoms with Gasteiger partial charge in [0.1, 0.15) is 6.04 Å². The van der Waals surface area contributed by atoms with Gasteiger partial charge in [-0.05, 0) is 21.0 Å². The maximum atomic E-state index is 12.0. The molecule has 0 aliphatic carbocycles. The third kappa shape index (κ3) is 6.47. The van der Waals surface area contributed by atoms with Gasteiger partial charge < -0.3 is 36.2 Å². The predicted molar refractivity (Wildman–Crippen MR) is 89.1 cm³/mol. The number of hydrogen-bond donors (Lipinski definition) is 6. The van der Waals surface area contributed by atoms with Crippen LogP contribution in [0.3, 0.4) is 0 Å². The van der Waals surface area contributed by atoms with Gasteiger partial charge in [-0.25, -0.2) is 9.59 Å². The van der Waals surface area contributed by atoms with Crippen LogP contribution in [0.5, 0.6) is 0 Å². The lowest BCUT2D eigenvalue weighted by atomic mass is 10.2. The van der Waals surface area contributed by atoms with E-state index in [0.717, 1.165) is 0 Å². The third-order valence-electron chi connectivity index (χ3n) is 3.60. The Hall–Kier alpha value is -2.77. The van der Waals surface area contributed by atoms with Crippen LogP contribution >= 0.6 is 0 Å². The van der Waals surface area contributed by atoms with Crippen LogP contribution in [0.15, 0.2) is 4.52 Å². The van der Waals surface area contributed by atoms with Gasteiger partial charge >= 0.3 is 12.0 Å². The van der Waals surface area contributed by atoms with E-state index in [1.54, 1.807) is 19.0 Å². The van der Waals surface area contributed by atoms with Crippen molar-refractivity contribution in [3.8, 4) is 0 Å². The second-order valence-corrected chi connectivity index (χ2v) is 6.05. The van der Waals surface area contributed by atoms with Gasteiger partial charge in [0.2, 0.25) is 11.8 Å². The number of carboxylic acids is 1. The van der Waals surface area contributed by atoms with Crippen LogP contribution in [0.25, 0.3) is 0 Å². The number of carboxylic acid groups (broad SMARTS) is 1. The van der Waals surface area contributed by atoms with Crippen molar-refractivity contribution in [1.82, 2.24) is 25.7 Å². The number of likely N-dealkylation sites (N-methyl/N-ethyl adjacent to an activating group) is 1. The van der Waals surface area contributed by atoms with Crippen molar-refractivity contribution < 1.29 is 34.2 Å². The molecule has 13 nitrogen and oxygen atoms in total. The molecule has 1 aromatic heterocycles. The number of primary amides is 1. The Morgan fingerprint density at radius 3 is 2.37 bits per heavy atom. The maximum absolute atomic E-state index is 12.0. The Morgan fingerprint density at radius 2 is 1.93 bits per heavy atom. The summed E-state index contributed by atoms with van der Waals surface area (Å²) in [5.74, 6) is -2.25. The smallest absolute Gasteiger partial charge is 0.328 e. The number of rotatable bonds is 10. The van der Waals surface area contributed by atoms with E-state index in [1.165, 1.54) is 6.92 Å². The normalized spacial score (nSPS) is 15.6. The van der Waals surface area contributed by atoms with Crippen molar-refractivity contribution in [3.05, 3.63) is 11.7 Å². The zero-order valence-electron chi connectivity index (χ0n) is 15.1. The fraction of sp³-hybridized carbons (Fsp3) is 0.643. The van der Waals surface area contributed by atoms with Gasteiger partial charge in [-0.1, -0.05) is 5.16 Å². The number of hydrogen-bond acceptors (Lipinski definition) is 9. The lowest BCUT2D eigenvalue weighted by Crippen LogP contribution is -2.52. The second-order valence-electron chi connectivity index (χ2n) is 6.05. The molecule has 0 aliphatic rings. The van der Waals surface area contributed by atoms with E-state index in [1.807, 2.05) is 0 Å². The number of urea groups is 1. The molecule has 0 aliphatic heterocycles. The molecule has 0 fully saturated rings. The van der Waals surface area contributed by atoms with Crippen molar-refractivity contribution in [2.75, 3.05) is 20.7 Å². The van der Waals surface area contributed by atoms with Crippen molar-refractivity contribution >= 4 is 17.9 Å². The monoisotopic (exact) mass is 388 g/mol. The molecule has 0 radical (unpaired) electrons. The van der Waals surface area contributed by atoms with Crippen LogP contribution < -0.4 is 16.4 Å². The molecule has 4 unspecified atom stereocenters. The first-order chi connectivity index (χ1) is 12.6. The SMILES string of the molecule is CC(O)C(NC(=O)NC(CC(N)=O)c1nc(C(CO)N(C)C)no1)C(=O)O. The fourth-order valence-electron chi connectivity index (χ4n) is 2.13. The Bertz CT molecular complexity index is 662. The standard InChI is InChI=1S/C14H24N6O7/c1-6(22)10(13(24)25)17-14(26)16-7(4-9(15)23)12-18-11(19-27-12)8(5-21)20(2)3/h6-8,10,21-22H,4-5H2,1-3H3,(H2,15,23)(H,24,25)(H2,16,17,26). The highest BCUT2D eigenvalue weighted by Crippen LogP contribution is 2.19. The first kappa shape index (κ1) is 22.3. The molecule has 0 saturated carbocycles. The van der Waals surface area contributed by atoms with Crippen LogP contribution in [-0.2, 0) is 9.59 Å². The molecule has 27 heavy (non-hydrogen) atoms. The van der Waals surface area contributed by atoms with Gasteiger partial charge in [0.05, 0.1) is 25.2 Å². The average Bonchev–Trinajstić information content (AvgIpc) is 3.00. The number of nitrogens with one attached hydrogen (secondary N) is 2. The molecule has 152 valence electrons. The summed E-state index contributed by atoms with van der Waals surface area (Å²) >= 11 is 0. The lowest BCUT2D eigenvalue weighted by Gasteiger charge is -2.20. The highest BCUT2D eigenvalue weighted by atomic mass is 16.5. The zero-order chi connectivity index (χ0) is 20.7. The highest BCUT2D eigenvalue weighted by Gasteiger charge is 2.29. The summed E-state index contributed by atoms with van der Waals surface area (Å²) in [5.41, 5.74) is 5.16. The van der Waals surface area contributed by atoms with Crippen LogP contribution in [0.1, 0.15) is 37.1 Å². The van der Waals surface area contributed by atoms with E-state index in [0.29, 0.717) is 0 Å². The molecule has 7 N–H and O–H groups in total. The van der Waals surface area contributed by atoms with Gasteiger partial charge in [0.15, 0.2) is 11.9 Å². The van der Waals surface area contributed by atoms with Crippen molar-refractivity contribution in [3.63, 3.8) is 0 Å². The van der Waals surface area contributed by atoms with Gasteiger partial charge in [0.25, 0.3) is 0 Å². The first-order valence-electron chi connectivity index (χ1n) is 7.93. The van der Waals surface area contributed by atoms with Gasteiger partial charge in [-0.2, -0.15) is 4.98 Å². The van der Waals surface area contributed by atoms with E-state index in [-0.39, 0.29) is 18.3 Å². The molecule has 0 spiro atoms. The number of nitrogens with two attached hydrogens (primary N) is 1. The predicted octanol–water partition coefficient (Wildman–Crippen LogP) is -2.29. The number of amides is 3. The van der Waals surface area contributed by atoms with E-state index in [9.17, 15) is 24.6 Å². The molecule has 1 heterocycles. The van der Waals surface area contributed by atoms with Crippen LogP contribution in [0.4, 0.5) is 4.79 Å². The molecular weight excluding hydrogens is 364 g/mol. The average molecular weight is 388 g/mol. The van der Waals surface area contributed by atoms with E-state index < -0.39 is 48.6 Å². The van der Waals surface area contributed by atoms with E-state index in [4.69, 9.17) is 15.4 Å². The highest BCUT2D eigenvalue weighted by molar-refractivity contribution is 5.83. The van der Waals surface area contributed by atoms with Crippen molar-refractivity contribution in [1.29, 1.82) is 0 Å². The quantitative estimate of drug-likeness (QED) is 0.253. The fourth-order valence-corrected chi connectivity index (χ4v) is 2.13. The molecule has 0 bridgehead atoms. The van der Waals surface area contributed by atoms with E-state index in [2.05, 4.69) is 20.8 Å². The number of aliphatic carboxylic acids is 1. The molecule has 0 saturated heterocycles. The topological polar surface area (TPSA) is 204 Å². The number of aliphatic hydroxyl groups excluding tert-OH is 2. The van der Waals surface area contributed by atoms with Crippen LogP contribution in [0.2, 0.25) is 0 Å². The summed E-state index contributed by atoms with van der Waals surface area (Å²) < 4.78 is 5.05. The zero-order valence-corrected chi connectivity index (χ0v) is 15.1.